The maximum absolute atomic E-state index is 12.2. The zero-order valence-corrected chi connectivity index (χ0v) is 4.80. The van der Waals surface area contributed by atoms with Gasteiger partial charge in [0.2, 0.25) is 0 Å². The van der Waals surface area contributed by atoms with Crippen LogP contribution in [0.2, 0.25) is 0 Å². The Hall–Kier alpha value is -0.640. The van der Waals surface area contributed by atoms with Gasteiger partial charge < -0.3 is 10.4 Å². The normalized spacial score (nSPS) is 34.8. The minimum absolute atomic E-state index is 0.106. The molecule has 3 nitrogen and oxygen atoms in total. The molecule has 1 aliphatic rings. The Balaban J connectivity index is 2.39. The molecular weight excluding hydrogens is 124 g/mol. The molecule has 0 aromatic heterocycles. The number of alkyl halides is 1. The fourth-order valence-corrected chi connectivity index (χ4v) is 0.881. The Morgan fingerprint density at radius 3 is 2.67 bits per heavy atom. The van der Waals surface area contributed by atoms with Gasteiger partial charge in [-0.15, -0.1) is 0 Å². The van der Waals surface area contributed by atoms with Crippen LogP contribution in [0.4, 0.5) is 4.39 Å². The fourth-order valence-electron chi connectivity index (χ4n) is 0.881. The monoisotopic (exact) mass is 132 g/mol. The highest BCUT2D eigenvalue weighted by Gasteiger charge is 2.28. The molecule has 1 saturated heterocycles. The smallest absolute Gasteiger partial charge is 0.320 e. The van der Waals surface area contributed by atoms with E-state index in [1.807, 2.05) is 0 Å². The van der Waals surface area contributed by atoms with Crippen molar-refractivity contribution in [3.05, 3.63) is 0 Å². The predicted octanol–water partition coefficient (Wildman–Crippen LogP) is -0.229. The second-order valence-electron chi connectivity index (χ2n) is 2.13. The molecule has 0 aromatic rings. The molecule has 2 N–H and O–H groups in total. The zero-order chi connectivity index (χ0) is 6.85. The molecule has 1 fully saturated rings. The summed E-state index contributed by atoms with van der Waals surface area (Å²) in [5.41, 5.74) is 0. The van der Waals surface area contributed by atoms with Crippen LogP contribution in [-0.4, -0.2) is 29.8 Å². The fraction of sp³-hybridized carbons (Fsp3) is 0.800. The lowest BCUT2D eigenvalue weighted by Gasteiger charge is -1.99. The van der Waals surface area contributed by atoms with E-state index in [1.165, 1.54) is 0 Å². The van der Waals surface area contributed by atoms with Crippen LogP contribution in [0.15, 0.2) is 0 Å². The molecule has 1 rings (SSSR count). The maximum Gasteiger partial charge on any atom is 0.320 e. The summed E-state index contributed by atoms with van der Waals surface area (Å²) in [6.45, 7) is 0.178. The summed E-state index contributed by atoms with van der Waals surface area (Å²) in [6.07, 6.45) is -0.874. The van der Waals surface area contributed by atoms with E-state index in [0.717, 1.165) is 0 Å². The van der Waals surface area contributed by atoms with Gasteiger partial charge in [0.1, 0.15) is 12.2 Å². The highest BCUT2D eigenvalue weighted by molar-refractivity contribution is 5.73. The standard InChI is InChI=1S/C5H8FNO2/c6-3-1-4(5(8)9)7-2-3/h3-4,7H,1-2H2,(H,8,9)/t3?,4-/m0/s1/i6-1. The predicted molar refractivity (Wildman–Crippen MR) is 28.9 cm³/mol. The molecule has 1 aliphatic heterocycles. The number of halogens is 1. The molecule has 0 aromatic carbocycles. The number of rotatable bonds is 1. The van der Waals surface area contributed by atoms with Crippen LogP contribution in [0.5, 0.6) is 0 Å². The first-order chi connectivity index (χ1) is 4.20. The van der Waals surface area contributed by atoms with Crippen molar-refractivity contribution in [2.24, 2.45) is 0 Å². The van der Waals surface area contributed by atoms with Crippen molar-refractivity contribution in [2.75, 3.05) is 6.54 Å². The van der Waals surface area contributed by atoms with Crippen molar-refractivity contribution in [2.45, 2.75) is 18.6 Å². The molecule has 0 aliphatic carbocycles. The van der Waals surface area contributed by atoms with Gasteiger partial charge in [-0.1, -0.05) is 0 Å². The first-order valence-electron chi connectivity index (χ1n) is 2.80. The van der Waals surface area contributed by atoms with Crippen molar-refractivity contribution in [3.63, 3.8) is 0 Å². The molecule has 1 unspecified atom stereocenters. The second kappa shape index (κ2) is 2.31. The van der Waals surface area contributed by atoms with E-state index < -0.39 is 18.2 Å². The van der Waals surface area contributed by atoms with E-state index in [0.29, 0.717) is 0 Å². The SMILES string of the molecule is O=C(O)[C@@H]1CC([18F])CN1. The quantitative estimate of drug-likeness (QED) is 0.518. The van der Waals surface area contributed by atoms with Gasteiger partial charge >= 0.3 is 5.97 Å². The lowest BCUT2D eigenvalue weighted by Crippen LogP contribution is -2.29. The van der Waals surface area contributed by atoms with Crippen LogP contribution in [-0.2, 0) is 4.79 Å². The van der Waals surface area contributed by atoms with E-state index in [9.17, 15) is 9.18 Å². The van der Waals surface area contributed by atoms with Gasteiger partial charge in [0.25, 0.3) is 0 Å². The van der Waals surface area contributed by atoms with Gasteiger partial charge in [0.05, 0.1) is 0 Å². The summed E-state index contributed by atoms with van der Waals surface area (Å²) >= 11 is 0. The lowest BCUT2D eigenvalue weighted by molar-refractivity contribution is -0.139. The van der Waals surface area contributed by atoms with Crippen LogP contribution in [0.3, 0.4) is 0 Å². The largest absolute Gasteiger partial charge is 0.480 e. The van der Waals surface area contributed by atoms with E-state index >= 15 is 0 Å². The first kappa shape index (κ1) is 6.48. The van der Waals surface area contributed by atoms with Gasteiger partial charge in [-0.3, -0.25) is 4.79 Å². The number of hydrogen-bond acceptors (Lipinski definition) is 2. The second-order valence-corrected chi connectivity index (χ2v) is 2.13. The van der Waals surface area contributed by atoms with E-state index in [2.05, 4.69) is 5.32 Å². The Kier molecular flexibility index (Phi) is 1.66. The summed E-state index contributed by atoms with van der Waals surface area (Å²) in [5.74, 6) is -0.963. The Morgan fingerprint density at radius 2 is 2.44 bits per heavy atom. The average molecular weight is 132 g/mol. The molecular formula is C5H8FNO2. The third kappa shape index (κ3) is 1.38. The summed E-state index contributed by atoms with van der Waals surface area (Å²) in [6, 6.07) is -0.667. The topological polar surface area (TPSA) is 49.3 Å². The van der Waals surface area contributed by atoms with E-state index in [1.54, 1.807) is 0 Å². The van der Waals surface area contributed by atoms with Crippen molar-refractivity contribution in [1.82, 2.24) is 5.32 Å². The van der Waals surface area contributed by atoms with Crippen molar-refractivity contribution >= 4 is 5.97 Å². The van der Waals surface area contributed by atoms with E-state index in [4.69, 9.17) is 5.11 Å². The first-order valence-corrected chi connectivity index (χ1v) is 2.80. The minimum atomic E-state index is -0.980. The number of hydrogen-bond donors (Lipinski definition) is 2. The number of aliphatic carboxylic acids is 1. The summed E-state index contributed by atoms with van der Waals surface area (Å²) in [4.78, 5) is 10.1. The summed E-state index contributed by atoms with van der Waals surface area (Å²) in [5, 5.41) is 10.8. The maximum atomic E-state index is 12.2. The third-order valence-electron chi connectivity index (χ3n) is 1.38. The minimum Gasteiger partial charge on any atom is -0.480 e. The van der Waals surface area contributed by atoms with Crippen molar-refractivity contribution in [3.8, 4) is 0 Å². The molecule has 0 amide bonds. The Bertz CT molecular complexity index is 128. The lowest BCUT2D eigenvalue weighted by atomic mass is 10.2. The third-order valence-corrected chi connectivity index (χ3v) is 1.38. The van der Waals surface area contributed by atoms with Crippen molar-refractivity contribution in [1.29, 1.82) is 0 Å². The van der Waals surface area contributed by atoms with Gasteiger partial charge in [-0.05, 0) is 0 Å². The van der Waals surface area contributed by atoms with Crippen LogP contribution in [0.1, 0.15) is 6.42 Å². The van der Waals surface area contributed by atoms with Crippen LogP contribution in [0.25, 0.3) is 0 Å². The molecule has 0 spiro atoms. The summed E-state index contributed by atoms with van der Waals surface area (Å²) < 4.78 is 12.2. The Labute approximate surface area is 51.9 Å². The molecule has 4 heteroatoms. The number of carbonyl (C=O) groups is 1. The zero-order valence-electron chi connectivity index (χ0n) is 4.80. The van der Waals surface area contributed by atoms with Crippen LogP contribution < -0.4 is 5.32 Å². The van der Waals surface area contributed by atoms with Gasteiger partial charge in [0, 0.05) is 13.0 Å². The van der Waals surface area contributed by atoms with Crippen molar-refractivity contribution < 1.29 is 14.3 Å². The van der Waals surface area contributed by atoms with E-state index in [-0.39, 0.29) is 13.0 Å². The molecule has 9 heavy (non-hydrogen) atoms. The van der Waals surface area contributed by atoms with Gasteiger partial charge in [-0.25, -0.2) is 4.39 Å². The van der Waals surface area contributed by atoms with Gasteiger partial charge in [-0.2, -0.15) is 0 Å². The molecule has 52 valence electrons. The number of carboxylic acid groups (broad SMARTS) is 1. The van der Waals surface area contributed by atoms with Crippen LogP contribution in [0, 0.1) is 0 Å². The Morgan fingerprint density at radius 1 is 1.78 bits per heavy atom. The molecule has 0 saturated carbocycles. The molecule has 0 bridgehead atoms. The molecule has 0 radical (unpaired) electrons. The molecule has 2 atom stereocenters. The number of nitrogens with one attached hydrogen (secondary N) is 1. The average Bonchev–Trinajstić information content (AvgIpc) is 2.14. The van der Waals surface area contributed by atoms with Crippen LogP contribution >= 0.6 is 0 Å². The highest BCUT2D eigenvalue weighted by Crippen LogP contribution is 2.09. The highest BCUT2D eigenvalue weighted by atomic mass is 18.2. The summed E-state index contributed by atoms with van der Waals surface area (Å²) in [7, 11) is 0. The number of carboxylic acids is 1. The van der Waals surface area contributed by atoms with Gasteiger partial charge in [0.15, 0.2) is 0 Å². The molecule has 1 heterocycles.